The highest BCUT2D eigenvalue weighted by Gasteiger charge is 2.40. The average Bonchev–Trinajstić information content (AvgIpc) is 2.97. The van der Waals surface area contributed by atoms with E-state index in [1.807, 2.05) is 4.90 Å². The van der Waals surface area contributed by atoms with E-state index in [1.54, 1.807) is 18.4 Å². The van der Waals surface area contributed by atoms with Gasteiger partial charge in [0, 0.05) is 38.0 Å². The molecule has 0 unspecified atom stereocenters. The van der Waals surface area contributed by atoms with Crippen molar-refractivity contribution in [2.24, 2.45) is 4.99 Å². The Bertz CT molecular complexity index is 629. The first-order chi connectivity index (χ1) is 11.8. The van der Waals surface area contributed by atoms with Gasteiger partial charge in [0.15, 0.2) is 5.96 Å². The quantitative estimate of drug-likeness (QED) is 0.390. The maximum atomic E-state index is 12.6. The van der Waals surface area contributed by atoms with Crippen molar-refractivity contribution in [1.82, 2.24) is 20.1 Å². The lowest BCUT2D eigenvalue weighted by atomic mass is 9.96. The number of hydrogen-bond acceptors (Lipinski definition) is 4. The lowest BCUT2D eigenvalue weighted by molar-refractivity contribution is -0.145. The van der Waals surface area contributed by atoms with Crippen LogP contribution in [0.5, 0.6) is 0 Å². The van der Waals surface area contributed by atoms with Crippen LogP contribution in [0.2, 0.25) is 0 Å². The molecular formula is C18H32IN5OS. The summed E-state index contributed by atoms with van der Waals surface area (Å²) < 4.78 is 0. The molecule has 1 aromatic heterocycles. The molecule has 0 aromatic carbocycles. The smallest absolute Gasteiger partial charge is 0.242 e. The Morgan fingerprint density at radius 3 is 2.65 bits per heavy atom. The number of thiazole rings is 1. The number of halogens is 1. The molecule has 0 radical (unpaired) electrons. The van der Waals surface area contributed by atoms with Crippen LogP contribution in [-0.4, -0.2) is 64.9 Å². The van der Waals surface area contributed by atoms with Crippen molar-refractivity contribution in [2.45, 2.75) is 59.0 Å². The van der Waals surface area contributed by atoms with Gasteiger partial charge in [0.25, 0.3) is 0 Å². The number of rotatable bonds is 5. The molecule has 1 amide bonds. The molecule has 1 saturated heterocycles. The van der Waals surface area contributed by atoms with Gasteiger partial charge in [-0.25, -0.2) is 4.98 Å². The van der Waals surface area contributed by atoms with Gasteiger partial charge in [-0.1, -0.05) is 6.92 Å². The third-order valence-corrected chi connectivity index (χ3v) is 5.46. The van der Waals surface area contributed by atoms with Crippen molar-refractivity contribution in [3.05, 3.63) is 16.1 Å². The van der Waals surface area contributed by atoms with Gasteiger partial charge in [-0.2, -0.15) is 0 Å². The molecule has 8 heteroatoms. The fourth-order valence-electron chi connectivity index (χ4n) is 3.57. The number of hydrogen-bond donors (Lipinski definition) is 1. The van der Waals surface area contributed by atoms with E-state index in [1.165, 1.54) is 5.01 Å². The van der Waals surface area contributed by atoms with Crippen LogP contribution in [0.25, 0.3) is 0 Å². The van der Waals surface area contributed by atoms with Crippen molar-refractivity contribution >= 4 is 47.2 Å². The predicted molar refractivity (Wildman–Crippen MR) is 120 cm³/mol. The first-order valence-corrected chi connectivity index (χ1v) is 9.87. The number of aliphatic imine (C=N–C) groups is 1. The van der Waals surface area contributed by atoms with Gasteiger partial charge >= 0.3 is 0 Å². The molecule has 1 fully saturated rings. The van der Waals surface area contributed by atoms with E-state index >= 15 is 0 Å². The maximum absolute atomic E-state index is 12.6. The van der Waals surface area contributed by atoms with Crippen LogP contribution in [0.4, 0.5) is 0 Å². The second-order valence-electron chi connectivity index (χ2n) is 7.34. The van der Waals surface area contributed by atoms with Gasteiger partial charge in [-0.15, -0.1) is 35.3 Å². The highest BCUT2D eigenvalue weighted by Crippen LogP contribution is 2.24. The topological polar surface area (TPSA) is 60.8 Å². The summed E-state index contributed by atoms with van der Waals surface area (Å²) in [5.74, 6) is 0.942. The molecule has 1 aromatic rings. The highest BCUT2D eigenvalue weighted by molar-refractivity contribution is 14.0. The Hall–Kier alpha value is -0.900. The van der Waals surface area contributed by atoms with E-state index in [0.29, 0.717) is 6.54 Å². The minimum Gasteiger partial charge on any atom is -0.356 e. The number of piperazine rings is 1. The SMILES string of the molecule is CCc1nc(CCNC(=NC)N2CC(=O)N(C(C)C)C(C)(C)C2)cs1.I. The molecule has 0 bridgehead atoms. The van der Waals surface area contributed by atoms with Crippen LogP contribution in [0.1, 0.15) is 45.3 Å². The fourth-order valence-corrected chi connectivity index (χ4v) is 4.35. The van der Waals surface area contributed by atoms with Gasteiger partial charge in [-0.3, -0.25) is 9.79 Å². The van der Waals surface area contributed by atoms with E-state index in [2.05, 4.69) is 60.2 Å². The van der Waals surface area contributed by atoms with Crippen LogP contribution < -0.4 is 5.32 Å². The first kappa shape index (κ1) is 23.1. The Labute approximate surface area is 178 Å². The predicted octanol–water partition coefficient (Wildman–Crippen LogP) is 2.77. The summed E-state index contributed by atoms with van der Waals surface area (Å²) in [4.78, 5) is 25.6. The summed E-state index contributed by atoms with van der Waals surface area (Å²) in [5.41, 5.74) is 0.900. The number of nitrogens with one attached hydrogen (secondary N) is 1. The molecule has 0 saturated carbocycles. The van der Waals surface area contributed by atoms with E-state index in [-0.39, 0.29) is 41.5 Å². The van der Waals surface area contributed by atoms with Gasteiger partial charge in [0.2, 0.25) is 5.91 Å². The van der Waals surface area contributed by atoms with Crippen LogP contribution in [0.15, 0.2) is 10.4 Å². The molecule has 2 heterocycles. The zero-order valence-electron chi connectivity index (χ0n) is 16.7. The molecule has 148 valence electrons. The molecule has 6 nitrogen and oxygen atoms in total. The standard InChI is InChI=1S/C18H31N5OS.HI/c1-7-15-21-14(11-25-15)8-9-20-17(19-6)22-10-16(24)23(13(2)3)18(4,5)12-22;/h11,13H,7-10,12H2,1-6H3,(H,19,20);1H. The van der Waals surface area contributed by atoms with Crippen LogP contribution in [-0.2, 0) is 17.6 Å². The van der Waals surface area contributed by atoms with Gasteiger partial charge in [0.1, 0.15) is 0 Å². The molecule has 0 atom stereocenters. The second-order valence-corrected chi connectivity index (χ2v) is 8.28. The van der Waals surface area contributed by atoms with E-state index in [9.17, 15) is 4.79 Å². The average molecular weight is 493 g/mol. The van der Waals surface area contributed by atoms with Crippen molar-refractivity contribution in [3.8, 4) is 0 Å². The Kier molecular flexibility index (Phi) is 8.78. The summed E-state index contributed by atoms with van der Waals surface area (Å²) in [6, 6.07) is 0.206. The Morgan fingerprint density at radius 1 is 1.46 bits per heavy atom. The Morgan fingerprint density at radius 2 is 2.15 bits per heavy atom. The third kappa shape index (κ3) is 5.55. The number of guanidine groups is 1. The third-order valence-electron chi connectivity index (χ3n) is 4.42. The summed E-state index contributed by atoms with van der Waals surface area (Å²) in [7, 11) is 1.77. The number of aryl methyl sites for hydroxylation is 1. The largest absolute Gasteiger partial charge is 0.356 e. The van der Waals surface area contributed by atoms with Crippen LogP contribution in [0.3, 0.4) is 0 Å². The fraction of sp³-hybridized carbons (Fsp3) is 0.722. The molecule has 0 spiro atoms. The van der Waals surface area contributed by atoms with Gasteiger partial charge < -0.3 is 15.1 Å². The van der Waals surface area contributed by atoms with Gasteiger partial charge in [0.05, 0.1) is 22.8 Å². The minimum atomic E-state index is -0.216. The van der Waals surface area contributed by atoms with E-state index in [4.69, 9.17) is 0 Å². The molecule has 2 rings (SSSR count). The normalized spacial score (nSPS) is 17.5. The molecule has 1 N–H and O–H groups in total. The molecule has 26 heavy (non-hydrogen) atoms. The summed E-state index contributed by atoms with van der Waals surface area (Å²) >= 11 is 1.72. The highest BCUT2D eigenvalue weighted by atomic mass is 127. The minimum absolute atomic E-state index is 0. The number of nitrogens with zero attached hydrogens (tertiary/aromatic N) is 4. The van der Waals surface area contributed by atoms with Crippen molar-refractivity contribution in [1.29, 1.82) is 0 Å². The number of carbonyl (C=O) groups excluding carboxylic acids is 1. The lowest BCUT2D eigenvalue weighted by Crippen LogP contribution is -2.66. The van der Waals surface area contributed by atoms with Gasteiger partial charge in [-0.05, 0) is 34.1 Å². The van der Waals surface area contributed by atoms with E-state index < -0.39 is 0 Å². The number of aromatic nitrogens is 1. The zero-order valence-corrected chi connectivity index (χ0v) is 19.9. The molecule has 1 aliphatic rings. The zero-order chi connectivity index (χ0) is 18.6. The first-order valence-electron chi connectivity index (χ1n) is 8.99. The van der Waals surface area contributed by atoms with Crippen LogP contribution in [0, 0.1) is 0 Å². The van der Waals surface area contributed by atoms with Crippen LogP contribution >= 0.6 is 35.3 Å². The summed E-state index contributed by atoms with van der Waals surface area (Å²) in [6.45, 7) is 12.4. The molecule has 0 aliphatic carbocycles. The lowest BCUT2D eigenvalue weighted by Gasteiger charge is -2.49. The van der Waals surface area contributed by atoms with Crippen molar-refractivity contribution in [3.63, 3.8) is 0 Å². The van der Waals surface area contributed by atoms with Crippen molar-refractivity contribution < 1.29 is 4.79 Å². The molecule has 1 aliphatic heterocycles. The summed E-state index contributed by atoms with van der Waals surface area (Å²) in [6.07, 6.45) is 1.84. The monoisotopic (exact) mass is 493 g/mol. The number of carbonyl (C=O) groups is 1. The molecular weight excluding hydrogens is 461 g/mol. The second kappa shape index (κ2) is 9.87. The van der Waals surface area contributed by atoms with Crippen molar-refractivity contribution in [2.75, 3.05) is 26.7 Å². The summed E-state index contributed by atoms with van der Waals surface area (Å²) in [5, 5.41) is 6.69. The number of amides is 1. The van der Waals surface area contributed by atoms with E-state index in [0.717, 1.165) is 37.6 Å². The maximum Gasteiger partial charge on any atom is 0.242 e. The Balaban J connectivity index is 0.00000338.